The number of nitrogens with one attached hydrogen (secondary N) is 1. The molecule has 2 saturated carbocycles. The molecule has 1 atom stereocenters. The molecule has 0 aromatic rings. The largest absolute Gasteiger partial charge is 0.330 e. The van der Waals surface area contributed by atoms with Crippen molar-refractivity contribution in [3.8, 4) is 0 Å². The van der Waals surface area contributed by atoms with E-state index in [-0.39, 0.29) is 0 Å². The zero-order valence-corrected chi connectivity index (χ0v) is 11.6. The minimum absolute atomic E-state index is 0.776. The third-order valence-electron chi connectivity index (χ3n) is 5.28. The standard InChI is InChI=1S/C15H29N3/c16-9-12-1-3-13(4-2-12)10-17-14-7-8-18(11-14)15-5-6-15/h12-15,17H,1-11,16H2. The maximum absolute atomic E-state index is 5.75. The molecule has 104 valence electrons. The van der Waals surface area contributed by atoms with E-state index in [4.69, 9.17) is 5.73 Å². The molecule has 0 bridgehead atoms. The lowest BCUT2D eigenvalue weighted by atomic mass is 9.82. The monoisotopic (exact) mass is 251 g/mol. The van der Waals surface area contributed by atoms with E-state index in [1.807, 2.05) is 0 Å². The van der Waals surface area contributed by atoms with Gasteiger partial charge in [0, 0.05) is 25.2 Å². The second-order valence-electron chi connectivity index (χ2n) is 6.74. The first-order chi connectivity index (χ1) is 8.85. The molecule has 0 amide bonds. The van der Waals surface area contributed by atoms with Crippen LogP contribution in [0.15, 0.2) is 0 Å². The Morgan fingerprint density at radius 3 is 2.33 bits per heavy atom. The summed E-state index contributed by atoms with van der Waals surface area (Å²) in [6.07, 6.45) is 9.80. The van der Waals surface area contributed by atoms with Crippen molar-refractivity contribution in [1.29, 1.82) is 0 Å². The fourth-order valence-electron chi connectivity index (χ4n) is 3.73. The summed E-state index contributed by atoms with van der Waals surface area (Å²) in [6.45, 7) is 4.80. The molecule has 1 unspecified atom stereocenters. The van der Waals surface area contributed by atoms with Crippen LogP contribution in [0.25, 0.3) is 0 Å². The summed E-state index contributed by atoms with van der Waals surface area (Å²) in [5.74, 6) is 1.74. The molecule has 0 aromatic carbocycles. The Kier molecular flexibility index (Phi) is 4.22. The Hall–Kier alpha value is -0.120. The molecule has 3 N–H and O–H groups in total. The zero-order chi connectivity index (χ0) is 12.4. The van der Waals surface area contributed by atoms with Crippen molar-refractivity contribution >= 4 is 0 Å². The van der Waals surface area contributed by atoms with Crippen LogP contribution in [-0.4, -0.2) is 43.2 Å². The number of hydrogen-bond acceptors (Lipinski definition) is 3. The van der Waals surface area contributed by atoms with Crippen LogP contribution in [0, 0.1) is 11.8 Å². The molecule has 0 spiro atoms. The molecule has 3 nitrogen and oxygen atoms in total. The van der Waals surface area contributed by atoms with Crippen molar-refractivity contribution < 1.29 is 0 Å². The summed E-state index contributed by atoms with van der Waals surface area (Å²) in [7, 11) is 0. The van der Waals surface area contributed by atoms with Gasteiger partial charge in [-0.05, 0) is 69.9 Å². The molecule has 2 aliphatic carbocycles. The summed E-state index contributed by atoms with van der Waals surface area (Å²) < 4.78 is 0. The summed E-state index contributed by atoms with van der Waals surface area (Å²) in [5.41, 5.74) is 5.75. The molecule has 1 saturated heterocycles. The van der Waals surface area contributed by atoms with Crippen LogP contribution in [0.1, 0.15) is 44.9 Å². The van der Waals surface area contributed by atoms with Gasteiger partial charge >= 0.3 is 0 Å². The van der Waals surface area contributed by atoms with Gasteiger partial charge in [-0.2, -0.15) is 0 Å². The Morgan fingerprint density at radius 1 is 0.944 bits per heavy atom. The summed E-state index contributed by atoms with van der Waals surface area (Å²) >= 11 is 0. The molecular weight excluding hydrogens is 222 g/mol. The predicted molar refractivity (Wildman–Crippen MR) is 75.5 cm³/mol. The van der Waals surface area contributed by atoms with Gasteiger partial charge in [0.25, 0.3) is 0 Å². The lowest BCUT2D eigenvalue weighted by Crippen LogP contribution is -2.37. The average molecular weight is 251 g/mol. The maximum Gasteiger partial charge on any atom is 0.0207 e. The van der Waals surface area contributed by atoms with Gasteiger partial charge in [-0.25, -0.2) is 0 Å². The second-order valence-corrected chi connectivity index (χ2v) is 6.74. The number of rotatable bonds is 5. The normalized spacial score (nSPS) is 38.2. The molecule has 0 aromatic heterocycles. The number of likely N-dealkylation sites (tertiary alicyclic amines) is 1. The average Bonchev–Trinajstić information content (AvgIpc) is 3.16. The predicted octanol–water partition coefficient (Wildman–Crippen LogP) is 1.58. The van der Waals surface area contributed by atoms with Crippen molar-refractivity contribution in [1.82, 2.24) is 10.2 Å². The molecule has 1 heterocycles. The van der Waals surface area contributed by atoms with Crippen LogP contribution >= 0.6 is 0 Å². The second kappa shape index (κ2) is 5.89. The van der Waals surface area contributed by atoms with Gasteiger partial charge in [0.05, 0.1) is 0 Å². The molecule has 3 aliphatic rings. The molecule has 3 fully saturated rings. The van der Waals surface area contributed by atoms with Crippen LogP contribution in [-0.2, 0) is 0 Å². The van der Waals surface area contributed by atoms with Crippen molar-refractivity contribution in [2.45, 2.75) is 57.0 Å². The molecule has 3 rings (SSSR count). The summed E-state index contributed by atoms with van der Waals surface area (Å²) in [4.78, 5) is 2.70. The van der Waals surface area contributed by atoms with E-state index < -0.39 is 0 Å². The third-order valence-corrected chi connectivity index (χ3v) is 5.28. The van der Waals surface area contributed by atoms with E-state index in [1.54, 1.807) is 0 Å². The quantitative estimate of drug-likeness (QED) is 0.779. The van der Waals surface area contributed by atoms with Crippen molar-refractivity contribution in [3.63, 3.8) is 0 Å². The summed E-state index contributed by atoms with van der Waals surface area (Å²) in [5, 5.41) is 3.82. The lowest BCUT2D eigenvalue weighted by molar-refractivity contribution is 0.262. The Balaban J connectivity index is 1.32. The first kappa shape index (κ1) is 12.9. The molecule has 1 aliphatic heterocycles. The van der Waals surface area contributed by atoms with E-state index in [2.05, 4.69) is 10.2 Å². The highest BCUT2D eigenvalue weighted by atomic mass is 15.2. The number of nitrogens with zero attached hydrogens (tertiary/aromatic N) is 1. The van der Waals surface area contributed by atoms with Crippen molar-refractivity contribution in [3.05, 3.63) is 0 Å². The number of hydrogen-bond donors (Lipinski definition) is 2. The smallest absolute Gasteiger partial charge is 0.0207 e. The van der Waals surface area contributed by atoms with Gasteiger partial charge in [-0.3, -0.25) is 4.90 Å². The van der Waals surface area contributed by atoms with Crippen LogP contribution in [0.2, 0.25) is 0 Å². The zero-order valence-electron chi connectivity index (χ0n) is 11.6. The van der Waals surface area contributed by atoms with Crippen LogP contribution in [0.3, 0.4) is 0 Å². The van der Waals surface area contributed by atoms with Crippen LogP contribution in [0.4, 0.5) is 0 Å². The highest BCUT2D eigenvalue weighted by Crippen LogP contribution is 2.30. The molecule has 3 heteroatoms. The maximum atomic E-state index is 5.75. The highest BCUT2D eigenvalue weighted by Gasteiger charge is 2.34. The van der Waals surface area contributed by atoms with E-state index in [9.17, 15) is 0 Å². The minimum Gasteiger partial charge on any atom is -0.330 e. The Labute approximate surface area is 111 Å². The van der Waals surface area contributed by atoms with Gasteiger partial charge in [0.1, 0.15) is 0 Å². The van der Waals surface area contributed by atoms with Gasteiger partial charge in [-0.15, -0.1) is 0 Å². The minimum atomic E-state index is 0.776. The fraction of sp³-hybridized carbons (Fsp3) is 1.00. The van der Waals surface area contributed by atoms with E-state index in [0.717, 1.165) is 30.5 Å². The molecule has 18 heavy (non-hydrogen) atoms. The van der Waals surface area contributed by atoms with E-state index in [0.29, 0.717) is 0 Å². The van der Waals surface area contributed by atoms with E-state index in [1.165, 1.54) is 64.6 Å². The lowest BCUT2D eigenvalue weighted by Gasteiger charge is -2.28. The first-order valence-electron chi connectivity index (χ1n) is 8.02. The summed E-state index contributed by atoms with van der Waals surface area (Å²) in [6, 6.07) is 1.73. The number of nitrogens with two attached hydrogens (primary N) is 1. The van der Waals surface area contributed by atoms with E-state index >= 15 is 0 Å². The van der Waals surface area contributed by atoms with Gasteiger partial charge in [0.2, 0.25) is 0 Å². The van der Waals surface area contributed by atoms with Gasteiger partial charge < -0.3 is 11.1 Å². The fourth-order valence-corrected chi connectivity index (χ4v) is 3.73. The molecular formula is C15H29N3. The molecule has 0 radical (unpaired) electrons. The Morgan fingerprint density at radius 2 is 1.67 bits per heavy atom. The van der Waals surface area contributed by atoms with Crippen molar-refractivity contribution in [2.75, 3.05) is 26.2 Å². The third kappa shape index (κ3) is 3.25. The van der Waals surface area contributed by atoms with Crippen LogP contribution in [0.5, 0.6) is 0 Å². The SMILES string of the molecule is NCC1CCC(CNC2CCN(C3CC3)C2)CC1. The first-order valence-corrected chi connectivity index (χ1v) is 8.02. The van der Waals surface area contributed by atoms with Crippen molar-refractivity contribution in [2.24, 2.45) is 17.6 Å². The topological polar surface area (TPSA) is 41.3 Å². The van der Waals surface area contributed by atoms with Gasteiger partial charge in [0.15, 0.2) is 0 Å². The van der Waals surface area contributed by atoms with Crippen LogP contribution < -0.4 is 11.1 Å². The highest BCUT2D eigenvalue weighted by molar-refractivity contribution is 4.92. The Bertz CT molecular complexity index is 256. The van der Waals surface area contributed by atoms with Gasteiger partial charge in [-0.1, -0.05) is 0 Å².